The van der Waals surface area contributed by atoms with Crippen LogP contribution in [0.1, 0.15) is 11.3 Å². The molecule has 0 fully saturated rings. The SMILES string of the molecule is Cc1c(CNc2ccccc2)nn(-c2ccccc2)c1-c1ccccc1. The fourth-order valence-electron chi connectivity index (χ4n) is 3.14. The number of hydrogen-bond acceptors (Lipinski definition) is 2. The van der Waals surface area contributed by atoms with Gasteiger partial charge >= 0.3 is 0 Å². The van der Waals surface area contributed by atoms with E-state index in [1.54, 1.807) is 0 Å². The largest absolute Gasteiger partial charge is 0.379 e. The molecule has 0 aliphatic heterocycles. The first-order chi connectivity index (χ1) is 12.8. The predicted octanol–water partition coefficient (Wildman–Crippen LogP) is 5.46. The molecule has 0 unspecified atom stereocenters. The molecule has 0 aliphatic rings. The normalized spacial score (nSPS) is 10.7. The molecular weight excluding hydrogens is 318 g/mol. The summed E-state index contributed by atoms with van der Waals surface area (Å²) in [5, 5.41) is 8.40. The lowest BCUT2D eigenvalue weighted by Crippen LogP contribution is -2.03. The Labute approximate surface area is 153 Å². The van der Waals surface area contributed by atoms with Crippen molar-refractivity contribution in [3.63, 3.8) is 0 Å². The van der Waals surface area contributed by atoms with Crippen molar-refractivity contribution in [2.75, 3.05) is 5.32 Å². The Morgan fingerprint density at radius 2 is 1.35 bits per heavy atom. The highest BCUT2D eigenvalue weighted by molar-refractivity contribution is 5.67. The molecule has 0 saturated carbocycles. The maximum absolute atomic E-state index is 4.93. The lowest BCUT2D eigenvalue weighted by atomic mass is 10.1. The molecular formula is C23H21N3. The van der Waals surface area contributed by atoms with Crippen molar-refractivity contribution in [2.45, 2.75) is 13.5 Å². The summed E-state index contributed by atoms with van der Waals surface area (Å²) in [6.45, 7) is 2.84. The Morgan fingerprint density at radius 3 is 2.00 bits per heavy atom. The van der Waals surface area contributed by atoms with Crippen LogP contribution in [0.5, 0.6) is 0 Å². The van der Waals surface area contributed by atoms with Gasteiger partial charge in [0, 0.05) is 16.8 Å². The number of rotatable bonds is 5. The van der Waals surface area contributed by atoms with Gasteiger partial charge in [-0.2, -0.15) is 5.10 Å². The monoisotopic (exact) mass is 339 g/mol. The summed E-state index contributed by atoms with van der Waals surface area (Å²) in [5.74, 6) is 0. The standard InChI is InChI=1S/C23H21N3/c1-18-22(17-24-20-13-7-3-8-14-20)25-26(21-15-9-4-10-16-21)23(18)19-11-5-2-6-12-19/h2-16,24H,17H2,1H3. The van der Waals surface area contributed by atoms with E-state index in [0.717, 1.165) is 22.8 Å². The zero-order valence-electron chi connectivity index (χ0n) is 14.8. The van der Waals surface area contributed by atoms with Gasteiger partial charge in [0.15, 0.2) is 0 Å². The molecule has 128 valence electrons. The highest BCUT2D eigenvalue weighted by atomic mass is 15.3. The quantitative estimate of drug-likeness (QED) is 0.523. The fourth-order valence-corrected chi connectivity index (χ4v) is 3.14. The highest BCUT2D eigenvalue weighted by Gasteiger charge is 2.16. The van der Waals surface area contributed by atoms with E-state index >= 15 is 0 Å². The second kappa shape index (κ2) is 7.28. The topological polar surface area (TPSA) is 29.9 Å². The van der Waals surface area contributed by atoms with Gasteiger partial charge in [-0.25, -0.2) is 4.68 Å². The smallest absolute Gasteiger partial charge is 0.0855 e. The molecule has 0 amide bonds. The molecule has 1 aromatic heterocycles. The van der Waals surface area contributed by atoms with E-state index in [1.807, 2.05) is 47.1 Å². The molecule has 4 aromatic rings. The molecule has 0 radical (unpaired) electrons. The van der Waals surface area contributed by atoms with Crippen LogP contribution in [0.2, 0.25) is 0 Å². The van der Waals surface area contributed by atoms with E-state index in [-0.39, 0.29) is 0 Å². The molecule has 0 bridgehead atoms. The highest BCUT2D eigenvalue weighted by Crippen LogP contribution is 2.29. The predicted molar refractivity (Wildman–Crippen MR) is 108 cm³/mol. The maximum atomic E-state index is 4.93. The third-order valence-corrected chi connectivity index (χ3v) is 4.50. The van der Waals surface area contributed by atoms with E-state index in [0.29, 0.717) is 6.54 Å². The van der Waals surface area contributed by atoms with Crippen LogP contribution in [-0.2, 0) is 6.54 Å². The molecule has 3 aromatic carbocycles. The van der Waals surface area contributed by atoms with Crippen LogP contribution in [0.25, 0.3) is 16.9 Å². The first kappa shape index (κ1) is 16.2. The van der Waals surface area contributed by atoms with Crippen molar-refractivity contribution >= 4 is 5.69 Å². The molecule has 0 atom stereocenters. The minimum absolute atomic E-state index is 0.690. The number of anilines is 1. The molecule has 3 nitrogen and oxygen atoms in total. The van der Waals surface area contributed by atoms with Crippen LogP contribution in [0.4, 0.5) is 5.69 Å². The van der Waals surface area contributed by atoms with Crippen molar-refractivity contribution < 1.29 is 0 Å². The second-order valence-corrected chi connectivity index (χ2v) is 6.25. The summed E-state index contributed by atoms with van der Waals surface area (Å²) < 4.78 is 2.05. The average Bonchev–Trinajstić information content (AvgIpc) is 3.05. The third kappa shape index (κ3) is 3.24. The summed E-state index contributed by atoms with van der Waals surface area (Å²) in [6, 6.07) is 31.0. The zero-order chi connectivity index (χ0) is 17.8. The summed E-state index contributed by atoms with van der Waals surface area (Å²) in [4.78, 5) is 0. The lowest BCUT2D eigenvalue weighted by molar-refractivity contribution is 0.849. The summed E-state index contributed by atoms with van der Waals surface area (Å²) in [6.07, 6.45) is 0. The number of benzene rings is 3. The number of hydrogen-bond donors (Lipinski definition) is 1. The average molecular weight is 339 g/mol. The van der Waals surface area contributed by atoms with E-state index in [4.69, 9.17) is 5.10 Å². The van der Waals surface area contributed by atoms with Gasteiger partial charge in [-0.05, 0) is 31.2 Å². The zero-order valence-corrected chi connectivity index (χ0v) is 14.8. The summed E-state index contributed by atoms with van der Waals surface area (Å²) >= 11 is 0. The van der Waals surface area contributed by atoms with Crippen molar-refractivity contribution in [3.8, 4) is 16.9 Å². The van der Waals surface area contributed by atoms with Crippen LogP contribution < -0.4 is 5.32 Å². The van der Waals surface area contributed by atoms with Crippen LogP contribution in [-0.4, -0.2) is 9.78 Å². The van der Waals surface area contributed by atoms with Crippen LogP contribution in [0.3, 0.4) is 0 Å². The Balaban J connectivity index is 1.75. The minimum Gasteiger partial charge on any atom is -0.379 e. The summed E-state index contributed by atoms with van der Waals surface area (Å²) in [5.41, 5.74) is 6.73. The van der Waals surface area contributed by atoms with Crippen molar-refractivity contribution in [3.05, 3.63) is 102 Å². The van der Waals surface area contributed by atoms with E-state index < -0.39 is 0 Å². The van der Waals surface area contributed by atoms with Gasteiger partial charge in [0.25, 0.3) is 0 Å². The van der Waals surface area contributed by atoms with E-state index in [2.05, 4.69) is 60.8 Å². The maximum Gasteiger partial charge on any atom is 0.0855 e. The van der Waals surface area contributed by atoms with E-state index in [1.165, 1.54) is 11.1 Å². The molecule has 1 heterocycles. The second-order valence-electron chi connectivity index (χ2n) is 6.25. The first-order valence-corrected chi connectivity index (χ1v) is 8.81. The van der Waals surface area contributed by atoms with Gasteiger partial charge in [-0.15, -0.1) is 0 Å². The number of nitrogens with zero attached hydrogens (tertiary/aromatic N) is 2. The Morgan fingerprint density at radius 1 is 0.769 bits per heavy atom. The number of nitrogens with one attached hydrogen (secondary N) is 1. The Kier molecular flexibility index (Phi) is 4.52. The molecule has 0 aliphatic carbocycles. The third-order valence-electron chi connectivity index (χ3n) is 4.50. The van der Waals surface area contributed by atoms with Crippen molar-refractivity contribution in [1.29, 1.82) is 0 Å². The van der Waals surface area contributed by atoms with Gasteiger partial charge < -0.3 is 5.32 Å². The Hall–Kier alpha value is -3.33. The molecule has 3 heteroatoms. The van der Waals surface area contributed by atoms with E-state index in [9.17, 15) is 0 Å². The Bertz CT molecular complexity index is 974. The number of para-hydroxylation sites is 2. The first-order valence-electron chi connectivity index (χ1n) is 8.81. The van der Waals surface area contributed by atoms with Gasteiger partial charge in [0.05, 0.1) is 23.6 Å². The van der Waals surface area contributed by atoms with Crippen molar-refractivity contribution in [1.82, 2.24) is 9.78 Å². The van der Waals surface area contributed by atoms with Crippen LogP contribution >= 0.6 is 0 Å². The van der Waals surface area contributed by atoms with Crippen LogP contribution in [0, 0.1) is 6.92 Å². The van der Waals surface area contributed by atoms with Gasteiger partial charge in [0.1, 0.15) is 0 Å². The molecule has 0 spiro atoms. The summed E-state index contributed by atoms with van der Waals surface area (Å²) in [7, 11) is 0. The van der Waals surface area contributed by atoms with Gasteiger partial charge in [-0.1, -0.05) is 66.7 Å². The fraction of sp³-hybridized carbons (Fsp3) is 0.0870. The van der Waals surface area contributed by atoms with Crippen LogP contribution in [0.15, 0.2) is 91.0 Å². The number of aromatic nitrogens is 2. The van der Waals surface area contributed by atoms with Crippen molar-refractivity contribution in [2.24, 2.45) is 0 Å². The minimum atomic E-state index is 0.690. The lowest BCUT2D eigenvalue weighted by Gasteiger charge is -2.08. The molecule has 26 heavy (non-hydrogen) atoms. The van der Waals surface area contributed by atoms with Gasteiger partial charge in [0.2, 0.25) is 0 Å². The molecule has 4 rings (SSSR count). The van der Waals surface area contributed by atoms with Gasteiger partial charge in [-0.3, -0.25) is 0 Å². The molecule has 1 N–H and O–H groups in total. The molecule has 0 saturated heterocycles.